The van der Waals surface area contributed by atoms with Gasteiger partial charge in [-0.05, 0) is 25.5 Å². The topological polar surface area (TPSA) is 68.5 Å². The van der Waals surface area contributed by atoms with Crippen LogP contribution in [0.2, 0.25) is 0 Å². The number of nitrogens with two attached hydrogens (primary N) is 1. The number of aromatic nitrogens is 1. The predicted octanol–water partition coefficient (Wildman–Crippen LogP) is 0.972. The number of carbonyl (C=O) groups excluding carboxylic acids is 1. The van der Waals surface area contributed by atoms with Crippen molar-refractivity contribution in [3.8, 4) is 0 Å². The number of ether oxygens (including phenoxy) is 1. The van der Waals surface area contributed by atoms with E-state index < -0.39 is 0 Å². The van der Waals surface area contributed by atoms with E-state index in [4.69, 9.17) is 5.73 Å². The number of methoxy groups -OCH3 is 1. The average Bonchev–Trinajstić information content (AvgIpc) is 2.29. The molecule has 0 bridgehead atoms. The van der Waals surface area contributed by atoms with Gasteiger partial charge in [0.2, 0.25) is 0 Å². The molecular formula is C11H17N3O2. The zero-order valence-electron chi connectivity index (χ0n) is 9.86. The Morgan fingerprint density at radius 3 is 2.88 bits per heavy atom. The van der Waals surface area contributed by atoms with E-state index in [1.807, 2.05) is 19.9 Å². The first-order chi connectivity index (χ1) is 7.60. The number of hydrogen-bond donors (Lipinski definition) is 1. The maximum absolute atomic E-state index is 11.2. The Labute approximate surface area is 95.2 Å². The summed E-state index contributed by atoms with van der Waals surface area (Å²) in [6.07, 6.45) is 1.68. The SMILES string of the molecule is CCN(CC(=O)OC)c1nccc(C)c1N. The lowest BCUT2D eigenvalue weighted by Crippen LogP contribution is -2.31. The Hall–Kier alpha value is -1.78. The van der Waals surface area contributed by atoms with Crippen LogP contribution in [0.3, 0.4) is 0 Å². The molecule has 0 aliphatic heterocycles. The van der Waals surface area contributed by atoms with Crippen molar-refractivity contribution in [2.45, 2.75) is 13.8 Å². The second kappa shape index (κ2) is 5.34. The van der Waals surface area contributed by atoms with Gasteiger partial charge < -0.3 is 15.4 Å². The van der Waals surface area contributed by atoms with Crippen molar-refractivity contribution >= 4 is 17.5 Å². The Balaban J connectivity index is 2.95. The fourth-order valence-electron chi connectivity index (χ4n) is 1.36. The molecule has 5 nitrogen and oxygen atoms in total. The van der Waals surface area contributed by atoms with Gasteiger partial charge in [0.05, 0.1) is 12.8 Å². The highest BCUT2D eigenvalue weighted by Gasteiger charge is 2.14. The van der Waals surface area contributed by atoms with Crippen LogP contribution in [-0.2, 0) is 9.53 Å². The highest BCUT2D eigenvalue weighted by Crippen LogP contribution is 2.22. The van der Waals surface area contributed by atoms with E-state index in [1.165, 1.54) is 7.11 Å². The minimum absolute atomic E-state index is 0.160. The van der Waals surface area contributed by atoms with E-state index >= 15 is 0 Å². The summed E-state index contributed by atoms with van der Waals surface area (Å²) < 4.78 is 4.62. The van der Waals surface area contributed by atoms with E-state index in [0.29, 0.717) is 18.1 Å². The van der Waals surface area contributed by atoms with Crippen LogP contribution in [0.25, 0.3) is 0 Å². The van der Waals surface area contributed by atoms with Gasteiger partial charge in [0.25, 0.3) is 0 Å². The fourth-order valence-corrected chi connectivity index (χ4v) is 1.36. The zero-order chi connectivity index (χ0) is 12.1. The second-order valence-corrected chi connectivity index (χ2v) is 3.46. The molecule has 0 saturated heterocycles. The van der Waals surface area contributed by atoms with E-state index in [2.05, 4.69) is 9.72 Å². The fraction of sp³-hybridized carbons (Fsp3) is 0.455. The first-order valence-corrected chi connectivity index (χ1v) is 5.13. The summed E-state index contributed by atoms with van der Waals surface area (Å²) in [7, 11) is 1.36. The van der Waals surface area contributed by atoms with Crippen molar-refractivity contribution < 1.29 is 9.53 Å². The van der Waals surface area contributed by atoms with Crippen molar-refractivity contribution in [3.63, 3.8) is 0 Å². The minimum atomic E-state index is -0.301. The van der Waals surface area contributed by atoms with Crippen LogP contribution in [0.15, 0.2) is 12.3 Å². The molecule has 1 heterocycles. The van der Waals surface area contributed by atoms with Crippen LogP contribution in [-0.4, -0.2) is 31.2 Å². The van der Waals surface area contributed by atoms with E-state index in [0.717, 1.165) is 5.56 Å². The van der Waals surface area contributed by atoms with Crippen molar-refractivity contribution in [1.82, 2.24) is 4.98 Å². The number of nitrogen functional groups attached to an aromatic ring is 1. The molecule has 0 saturated carbocycles. The summed E-state index contributed by atoms with van der Waals surface area (Å²) in [6, 6.07) is 1.84. The summed E-state index contributed by atoms with van der Waals surface area (Å²) in [5, 5.41) is 0. The van der Waals surface area contributed by atoms with Crippen LogP contribution in [0.5, 0.6) is 0 Å². The highest BCUT2D eigenvalue weighted by atomic mass is 16.5. The summed E-state index contributed by atoms with van der Waals surface area (Å²) in [6.45, 7) is 4.66. The van der Waals surface area contributed by atoms with E-state index in [1.54, 1.807) is 11.1 Å². The number of hydrogen-bond acceptors (Lipinski definition) is 5. The standard InChI is InChI=1S/C11H17N3O2/c1-4-14(7-9(15)16-3)11-10(12)8(2)5-6-13-11/h5-6H,4,7,12H2,1-3H3. The number of esters is 1. The van der Waals surface area contributed by atoms with Gasteiger partial charge in [-0.2, -0.15) is 0 Å². The Bertz CT molecular complexity index is 379. The molecule has 1 aromatic heterocycles. The third-order valence-electron chi connectivity index (χ3n) is 2.42. The quantitative estimate of drug-likeness (QED) is 0.770. The third-order valence-corrected chi connectivity index (χ3v) is 2.42. The van der Waals surface area contributed by atoms with Crippen LogP contribution < -0.4 is 10.6 Å². The van der Waals surface area contributed by atoms with Gasteiger partial charge in [-0.25, -0.2) is 4.98 Å². The molecular weight excluding hydrogens is 206 g/mol. The van der Waals surface area contributed by atoms with Gasteiger partial charge >= 0.3 is 5.97 Å². The maximum atomic E-state index is 11.2. The third kappa shape index (κ3) is 2.62. The number of aryl methyl sites for hydroxylation is 1. The number of rotatable bonds is 4. The molecule has 16 heavy (non-hydrogen) atoms. The molecule has 0 atom stereocenters. The summed E-state index contributed by atoms with van der Waals surface area (Å²) in [4.78, 5) is 17.2. The number of pyridine rings is 1. The minimum Gasteiger partial charge on any atom is -0.468 e. The first kappa shape index (κ1) is 12.3. The average molecular weight is 223 g/mol. The lowest BCUT2D eigenvalue weighted by Gasteiger charge is -2.22. The number of nitrogens with zero attached hydrogens (tertiary/aromatic N) is 2. The highest BCUT2D eigenvalue weighted by molar-refractivity contribution is 5.77. The zero-order valence-corrected chi connectivity index (χ0v) is 9.86. The second-order valence-electron chi connectivity index (χ2n) is 3.46. The smallest absolute Gasteiger partial charge is 0.325 e. The number of anilines is 2. The molecule has 0 amide bonds. The van der Waals surface area contributed by atoms with Crippen molar-refractivity contribution in [2.75, 3.05) is 30.8 Å². The molecule has 1 rings (SSSR count). The van der Waals surface area contributed by atoms with Crippen LogP contribution in [0.4, 0.5) is 11.5 Å². The summed E-state index contributed by atoms with van der Waals surface area (Å²) in [5.41, 5.74) is 7.48. The number of likely N-dealkylation sites (N-methyl/N-ethyl adjacent to an activating group) is 1. The summed E-state index contributed by atoms with van der Waals surface area (Å²) in [5.74, 6) is 0.331. The lowest BCUT2D eigenvalue weighted by molar-refractivity contribution is -0.138. The Morgan fingerprint density at radius 2 is 2.31 bits per heavy atom. The normalized spacial score (nSPS) is 9.94. The van der Waals surface area contributed by atoms with Gasteiger partial charge in [0, 0.05) is 12.7 Å². The van der Waals surface area contributed by atoms with Crippen LogP contribution in [0.1, 0.15) is 12.5 Å². The molecule has 0 aliphatic rings. The molecule has 0 spiro atoms. The van der Waals surface area contributed by atoms with Crippen LogP contribution >= 0.6 is 0 Å². The predicted molar refractivity (Wildman–Crippen MR) is 63.3 cm³/mol. The molecule has 5 heteroatoms. The largest absolute Gasteiger partial charge is 0.468 e. The molecule has 0 radical (unpaired) electrons. The van der Waals surface area contributed by atoms with Crippen molar-refractivity contribution in [2.24, 2.45) is 0 Å². The first-order valence-electron chi connectivity index (χ1n) is 5.13. The molecule has 0 aliphatic carbocycles. The van der Waals surface area contributed by atoms with Gasteiger partial charge in [-0.3, -0.25) is 4.79 Å². The van der Waals surface area contributed by atoms with Gasteiger partial charge in [-0.15, -0.1) is 0 Å². The Morgan fingerprint density at radius 1 is 1.62 bits per heavy atom. The molecule has 88 valence electrons. The number of carbonyl (C=O) groups is 1. The monoisotopic (exact) mass is 223 g/mol. The van der Waals surface area contributed by atoms with Gasteiger partial charge in [-0.1, -0.05) is 0 Å². The lowest BCUT2D eigenvalue weighted by atomic mass is 10.2. The maximum Gasteiger partial charge on any atom is 0.325 e. The molecule has 0 unspecified atom stereocenters. The summed E-state index contributed by atoms with van der Waals surface area (Å²) >= 11 is 0. The molecule has 2 N–H and O–H groups in total. The molecule has 0 aromatic carbocycles. The van der Waals surface area contributed by atoms with Gasteiger partial charge in [0.15, 0.2) is 5.82 Å². The molecule has 0 fully saturated rings. The van der Waals surface area contributed by atoms with Crippen molar-refractivity contribution in [3.05, 3.63) is 17.8 Å². The van der Waals surface area contributed by atoms with E-state index in [-0.39, 0.29) is 12.5 Å². The van der Waals surface area contributed by atoms with Gasteiger partial charge in [0.1, 0.15) is 6.54 Å². The Kier molecular flexibility index (Phi) is 4.10. The van der Waals surface area contributed by atoms with E-state index in [9.17, 15) is 4.79 Å². The molecule has 1 aromatic rings. The van der Waals surface area contributed by atoms with Crippen molar-refractivity contribution in [1.29, 1.82) is 0 Å². The van der Waals surface area contributed by atoms with Crippen LogP contribution in [0, 0.1) is 6.92 Å².